The maximum absolute atomic E-state index is 12.8. The van der Waals surface area contributed by atoms with E-state index < -0.39 is 36.0 Å². The highest BCUT2D eigenvalue weighted by Gasteiger charge is 2.46. The number of rotatable bonds is 4. The SMILES string of the molecule is CCC[C@H]1Oc2ccc(C)cc2C1NC(=O)C1CCC(C(F)(F)F)NC1=O. The topological polar surface area (TPSA) is 67.4 Å². The lowest BCUT2D eigenvalue weighted by Crippen LogP contribution is -2.55. The number of amides is 2. The van der Waals surface area contributed by atoms with Crippen LogP contribution < -0.4 is 15.4 Å². The minimum absolute atomic E-state index is 0.130. The Hall–Kier alpha value is -2.25. The highest BCUT2D eigenvalue weighted by molar-refractivity contribution is 6.01. The minimum Gasteiger partial charge on any atom is -0.488 e. The number of fused-ring (bicyclic) bond motifs is 1. The van der Waals surface area contributed by atoms with E-state index in [2.05, 4.69) is 5.32 Å². The molecule has 2 aliphatic heterocycles. The third-order valence-corrected chi connectivity index (χ3v) is 5.11. The fraction of sp³-hybridized carbons (Fsp3) is 0.579. The molecule has 2 amide bonds. The van der Waals surface area contributed by atoms with Gasteiger partial charge in [0, 0.05) is 5.56 Å². The van der Waals surface area contributed by atoms with Crippen LogP contribution in [0.25, 0.3) is 0 Å². The van der Waals surface area contributed by atoms with Gasteiger partial charge in [0.05, 0.1) is 6.04 Å². The molecule has 4 atom stereocenters. The van der Waals surface area contributed by atoms with E-state index in [1.54, 1.807) is 0 Å². The minimum atomic E-state index is -4.50. The van der Waals surface area contributed by atoms with E-state index >= 15 is 0 Å². The number of carbonyl (C=O) groups is 2. The Morgan fingerprint density at radius 1 is 1.33 bits per heavy atom. The van der Waals surface area contributed by atoms with Gasteiger partial charge in [0.25, 0.3) is 0 Å². The van der Waals surface area contributed by atoms with Gasteiger partial charge < -0.3 is 15.4 Å². The van der Waals surface area contributed by atoms with Crippen molar-refractivity contribution in [1.29, 1.82) is 0 Å². The first-order valence-electron chi connectivity index (χ1n) is 9.15. The fourth-order valence-electron chi connectivity index (χ4n) is 3.69. The van der Waals surface area contributed by atoms with Gasteiger partial charge in [0.15, 0.2) is 0 Å². The van der Waals surface area contributed by atoms with E-state index in [-0.39, 0.29) is 18.9 Å². The third-order valence-electron chi connectivity index (χ3n) is 5.11. The molecule has 1 aromatic carbocycles. The van der Waals surface area contributed by atoms with Crippen molar-refractivity contribution in [3.05, 3.63) is 29.3 Å². The van der Waals surface area contributed by atoms with Gasteiger partial charge in [-0.25, -0.2) is 0 Å². The summed E-state index contributed by atoms with van der Waals surface area (Å²) in [5, 5.41) is 4.77. The van der Waals surface area contributed by atoms with Crippen LogP contribution in [0.2, 0.25) is 0 Å². The van der Waals surface area contributed by atoms with E-state index in [4.69, 9.17) is 4.74 Å². The zero-order chi connectivity index (χ0) is 19.8. The Morgan fingerprint density at radius 3 is 2.70 bits per heavy atom. The van der Waals surface area contributed by atoms with Gasteiger partial charge in [-0.15, -0.1) is 0 Å². The lowest BCUT2D eigenvalue weighted by atomic mass is 9.91. The van der Waals surface area contributed by atoms with Crippen LogP contribution in [-0.4, -0.2) is 30.1 Å². The highest BCUT2D eigenvalue weighted by atomic mass is 19.4. The lowest BCUT2D eigenvalue weighted by molar-refractivity contribution is -0.171. The molecule has 3 rings (SSSR count). The first-order valence-corrected chi connectivity index (χ1v) is 9.15. The van der Waals surface area contributed by atoms with Crippen LogP contribution in [0.5, 0.6) is 5.75 Å². The van der Waals surface area contributed by atoms with Crippen LogP contribution in [0.1, 0.15) is 49.8 Å². The molecule has 3 unspecified atom stereocenters. The summed E-state index contributed by atoms with van der Waals surface area (Å²) < 4.78 is 44.3. The fourth-order valence-corrected chi connectivity index (χ4v) is 3.69. The maximum atomic E-state index is 12.8. The molecule has 0 aromatic heterocycles. The van der Waals surface area contributed by atoms with Crippen molar-refractivity contribution in [1.82, 2.24) is 10.6 Å². The zero-order valence-electron chi connectivity index (χ0n) is 15.2. The van der Waals surface area contributed by atoms with Gasteiger partial charge in [0.2, 0.25) is 11.8 Å². The van der Waals surface area contributed by atoms with Crippen LogP contribution >= 0.6 is 0 Å². The van der Waals surface area contributed by atoms with Crippen molar-refractivity contribution >= 4 is 11.8 Å². The van der Waals surface area contributed by atoms with Crippen molar-refractivity contribution < 1.29 is 27.5 Å². The molecular formula is C19H23F3N2O3. The van der Waals surface area contributed by atoms with Gasteiger partial charge in [0.1, 0.15) is 23.8 Å². The number of hydrogen-bond acceptors (Lipinski definition) is 3. The molecule has 2 aliphatic rings. The molecule has 0 spiro atoms. The smallest absolute Gasteiger partial charge is 0.408 e. The number of ether oxygens (including phenoxy) is 1. The number of benzene rings is 1. The molecule has 0 saturated carbocycles. The van der Waals surface area contributed by atoms with Crippen molar-refractivity contribution in [3.8, 4) is 5.75 Å². The zero-order valence-corrected chi connectivity index (χ0v) is 15.2. The molecule has 1 fully saturated rings. The second-order valence-corrected chi connectivity index (χ2v) is 7.21. The average molecular weight is 384 g/mol. The molecule has 1 saturated heterocycles. The van der Waals surface area contributed by atoms with Crippen LogP contribution in [0.3, 0.4) is 0 Å². The molecule has 2 N–H and O–H groups in total. The number of piperidine rings is 1. The summed E-state index contributed by atoms with van der Waals surface area (Å²) in [5.41, 5.74) is 1.85. The molecule has 2 heterocycles. The number of halogens is 3. The molecular weight excluding hydrogens is 361 g/mol. The largest absolute Gasteiger partial charge is 0.488 e. The quantitative estimate of drug-likeness (QED) is 0.784. The maximum Gasteiger partial charge on any atom is 0.408 e. The van der Waals surface area contributed by atoms with Gasteiger partial charge in [-0.1, -0.05) is 31.0 Å². The Bertz CT molecular complexity index is 735. The molecule has 0 bridgehead atoms. The Morgan fingerprint density at radius 2 is 2.07 bits per heavy atom. The standard InChI is InChI=1S/C19H23F3N2O3/c1-3-4-14-16(12-9-10(2)5-7-13(12)27-14)24-18(26)11-6-8-15(19(20,21)22)23-17(11)25/h5,7,9,11,14-16H,3-4,6,8H2,1-2H3,(H,23,25)(H,24,26)/t11?,14-,15?,16?/m1/s1. The van der Waals surface area contributed by atoms with Crippen LogP contribution in [0.4, 0.5) is 13.2 Å². The van der Waals surface area contributed by atoms with Crippen molar-refractivity contribution in [2.24, 2.45) is 5.92 Å². The molecule has 148 valence electrons. The normalized spacial score (nSPS) is 27.5. The Balaban J connectivity index is 1.73. The van der Waals surface area contributed by atoms with Crippen LogP contribution in [0, 0.1) is 12.8 Å². The van der Waals surface area contributed by atoms with Gasteiger partial charge in [-0.2, -0.15) is 13.2 Å². The number of carbonyl (C=O) groups excluding carboxylic acids is 2. The molecule has 8 heteroatoms. The Labute approximate surface area is 155 Å². The van der Waals surface area contributed by atoms with Crippen molar-refractivity contribution in [3.63, 3.8) is 0 Å². The van der Waals surface area contributed by atoms with Gasteiger partial charge >= 0.3 is 6.18 Å². The predicted octanol–water partition coefficient (Wildman–Crippen LogP) is 3.17. The summed E-state index contributed by atoms with van der Waals surface area (Å²) in [7, 11) is 0. The third kappa shape index (κ3) is 4.04. The van der Waals surface area contributed by atoms with E-state index in [0.29, 0.717) is 12.2 Å². The van der Waals surface area contributed by atoms with Crippen LogP contribution in [0.15, 0.2) is 18.2 Å². The molecule has 1 aromatic rings. The van der Waals surface area contributed by atoms with Crippen molar-refractivity contribution in [2.75, 3.05) is 0 Å². The van der Waals surface area contributed by atoms with E-state index in [9.17, 15) is 22.8 Å². The first-order chi connectivity index (χ1) is 12.7. The summed E-state index contributed by atoms with van der Waals surface area (Å²) in [6.45, 7) is 3.93. The summed E-state index contributed by atoms with van der Waals surface area (Å²) in [6.07, 6.45) is -3.63. The molecule has 0 radical (unpaired) electrons. The Kier molecular flexibility index (Phi) is 5.35. The number of hydrogen-bond donors (Lipinski definition) is 2. The number of aryl methyl sites for hydroxylation is 1. The highest BCUT2D eigenvalue weighted by Crippen LogP contribution is 2.39. The van der Waals surface area contributed by atoms with E-state index in [0.717, 1.165) is 17.5 Å². The van der Waals surface area contributed by atoms with Gasteiger partial charge in [-0.05, 0) is 32.3 Å². The second kappa shape index (κ2) is 7.40. The van der Waals surface area contributed by atoms with Gasteiger partial charge in [-0.3, -0.25) is 9.59 Å². The van der Waals surface area contributed by atoms with Crippen LogP contribution in [-0.2, 0) is 9.59 Å². The average Bonchev–Trinajstić information content (AvgIpc) is 2.91. The lowest BCUT2D eigenvalue weighted by Gasteiger charge is -2.30. The molecule has 5 nitrogen and oxygen atoms in total. The van der Waals surface area contributed by atoms with E-state index in [1.807, 2.05) is 37.4 Å². The monoisotopic (exact) mass is 384 g/mol. The summed E-state index contributed by atoms with van der Waals surface area (Å²) in [4.78, 5) is 24.7. The molecule has 0 aliphatic carbocycles. The first kappa shape index (κ1) is 19.5. The second-order valence-electron chi connectivity index (χ2n) is 7.21. The molecule has 27 heavy (non-hydrogen) atoms. The summed E-state index contributed by atoms with van der Waals surface area (Å²) in [6, 6.07) is 3.38. The van der Waals surface area contributed by atoms with E-state index in [1.165, 1.54) is 0 Å². The number of alkyl halides is 3. The summed E-state index contributed by atoms with van der Waals surface area (Å²) >= 11 is 0. The summed E-state index contributed by atoms with van der Waals surface area (Å²) in [5.74, 6) is -1.87. The van der Waals surface area contributed by atoms with Crippen molar-refractivity contribution in [2.45, 2.75) is 63.9 Å². The number of nitrogens with one attached hydrogen (secondary N) is 2. The predicted molar refractivity (Wildman–Crippen MR) is 92.1 cm³/mol.